The smallest absolute Gasteiger partial charge is 0.382 e. The summed E-state index contributed by atoms with van der Waals surface area (Å²) in [5.41, 5.74) is 1.90. The summed E-state index contributed by atoms with van der Waals surface area (Å²) in [6, 6.07) is 11.7. The van der Waals surface area contributed by atoms with Crippen LogP contribution in [0.15, 0.2) is 42.6 Å². The van der Waals surface area contributed by atoms with Crippen molar-refractivity contribution < 1.29 is 18.0 Å². The van der Waals surface area contributed by atoms with Gasteiger partial charge in [-0.15, -0.1) is 0 Å². The van der Waals surface area contributed by atoms with Crippen LogP contribution in [0, 0.1) is 0 Å². The van der Waals surface area contributed by atoms with Gasteiger partial charge in [-0.1, -0.05) is 40.3 Å². The molecule has 0 unspecified atom stereocenters. The lowest BCUT2D eigenvalue weighted by atomic mass is 9.87. The van der Waals surface area contributed by atoms with E-state index in [-0.39, 0.29) is 24.8 Å². The molecule has 2 N–H and O–H groups in total. The van der Waals surface area contributed by atoms with Gasteiger partial charge in [0.2, 0.25) is 5.91 Å². The second-order valence-electron chi connectivity index (χ2n) is 11.6. The van der Waals surface area contributed by atoms with Gasteiger partial charge in [0.1, 0.15) is 5.82 Å². The van der Waals surface area contributed by atoms with E-state index >= 15 is 0 Å². The van der Waals surface area contributed by atoms with Crippen LogP contribution in [0.25, 0.3) is 0 Å². The number of hydrogen-bond donors (Lipinski definition) is 2. The van der Waals surface area contributed by atoms with E-state index in [4.69, 9.17) is 0 Å². The molecule has 4 rings (SSSR count). The summed E-state index contributed by atoms with van der Waals surface area (Å²) in [6.45, 7) is 10.7. The molecule has 1 amide bonds. The van der Waals surface area contributed by atoms with Crippen molar-refractivity contribution in [2.24, 2.45) is 0 Å². The number of likely N-dealkylation sites (tertiary alicyclic amines) is 2. The molecule has 2 aliphatic heterocycles. The number of carbonyl (C=O) groups is 1. The first-order valence-electron chi connectivity index (χ1n) is 13.6. The van der Waals surface area contributed by atoms with Gasteiger partial charge in [0.25, 0.3) is 0 Å². The fraction of sp³-hybridized carbons (Fsp3) is 0.600. The van der Waals surface area contributed by atoms with Crippen molar-refractivity contribution in [1.82, 2.24) is 14.8 Å². The highest BCUT2D eigenvalue weighted by molar-refractivity contribution is 5.76. The third-order valence-electron chi connectivity index (χ3n) is 7.64. The summed E-state index contributed by atoms with van der Waals surface area (Å²) in [4.78, 5) is 21.0. The Balaban J connectivity index is 0.00000420. The predicted octanol–water partition coefficient (Wildman–Crippen LogP) is 6.40. The van der Waals surface area contributed by atoms with Crippen LogP contribution in [-0.2, 0) is 16.4 Å². The first-order valence-corrected chi connectivity index (χ1v) is 13.6. The van der Waals surface area contributed by atoms with Crippen LogP contribution < -0.4 is 10.6 Å². The minimum absolute atomic E-state index is 0. The molecular formula is C30H44F3N5O. The van der Waals surface area contributed by atoms with Gasteiger partial charge in [-0.3, -0.25) is 4.79 Å². The Morgan fingerprint density at radius 2 is 1.44 bits per heavy atom. The largest absolute Gasteiger partial charge is 0.417 e. The van der Waals surface area contributed by atoms with E-state index < -0.39 is 11.7 Å². The van der Waals surface area contributed by atoms with Crippen molar-refractivity contribution in [2.75, 3.05) is 43.4 Å². The van der Waals surface area contributed by atoms with Crippen molar-refractivity contribution in [3.63, 3.8) is 0 Å². The quantitative estimate of drug-likeness (QED) is 0.420. The molecule has 0 saturated carbocycles. The number of pyridine rings is 1. The van der Waals surface area contributed by atoms with Gasteiger partial charge in [-0.2, -0.15) is 13.2 Å². The highest BCUT2D eigenvalue weighted by Gasteiger charge is 2.31. The molecule has 0 atom stereocenters. The number of piperidine rings is 2. The first kappa shape index (κ1) is 30.7. The molecule has 6 nitrogen and oxygen atoms in total. The molecular weight excluding hydrogens is 503 g/mol. The zero-order chi connectivity index (χ0) is 27.3. The number of hydrogen-bond acceptors (Lipinski definition) is 5. The molecule has 0 bridgehead atoms. The van der Waals surface area contributed by atoms with Gasteiger partial charge >= 0.3 is 6.18 Å². The maximum Gasteiger partial charge on any atom is 0.417 e. The number of alkyl halides is 3. The number of anilines is 2. The van der Waals surface area contributed by atoms with Crippen LogP contribution in [0.1, 0.15) is 71.4 Å². The standard InChI is InChI=1S/C29H40F3N5O.CH4/c1-28(2,3)21-4-7-23(8-5-21)34-24-10-15-36(16-11-24)17-14-27(38)37-18-12-25(13-19-37)35-26-9-6-22(20-33-26)29(30,31)32;/h4-9,20,24-25,34H,10-19H2,1-3H3,(H,33,35);1H4. The topological polar surface area (TPSA) is 60.5 Å². The van der Waals surface area contributed by atoms with Crippen molar-refractivity contribution in [3.8, 4) is 0 Å². The molecule has 0 radical (unpaired) electrons. The Hall–Kier alpha value is -2.81. The Labute approximate surface area is 231 Å². The third-order valence-corrected chi connectivity index (χ3v) is 7.64. The van der Waals surface area contributed by atoms with Gasteiger partial charge < -0.3 is 20.4 Å². The molecule has 1 aromatic carbocycles. The Morgan fingerprint density at radius 3 is 1.97 bits per heavy atom. The van der Waals surface area contributed by atoms with Crippen LogP contribution in [0.4, 0.5) is 24.7 Å². The fourth-order valence-corrected chi connectivity index (χ4v) is 5.14. The van der Waals surface area contributed by atoms with Gasteiger partial charge in [0, 0.05) is 63.1 Å². The number of aromatic nitrogens is 1. The van der Waals surface area contributed by atoms with E-state index in [1.807, 2.05) is 4.90 Å². The number of benzene rings is 1. The maximum atomic E-state index is 12.8. The molecule has 0 spiro atoms. The average molecular weight is 548 g/mol. The summed E-state index contributed by atoms with van der Waals surface area (Å²) < 4.78 is 38.1. The molecule has 2 saturated heterocycles. The Morgan fingerprint density at radius 1 is 0.872 bits per heavy atom. The summed E-state index contributed by atoms with van der Waals surface area (Å²) in [7, 11) is 0. The monoisotopic (exact) mass is 547 g/mol. The number of rotatable bonds is 7. The molecule has 2 aromatic rings. The van der Waals surface area contributed by atoms with Crippen LogP contribution in [0.5, 0.6) is 0 Å². The van der Waals surface area contributed by atoms with Crippen LogP contribution in [-0.4, -0.2) is 65.5 Å². The van der Waals surface area contributed by atoms with E-state index in [0.29, 0.717) is 31.4 Å². The lowest BCUT2D eigenvalue weighted by molar-refractivity contribution is -0.137. The lowest BCUT2D eigenvalue weighted by Crippen LogP contribution is -2.44. The lowest BCUT2D eigenvalue weighted by Gasteiger charge is -2.35. The van der Waals surface area contributed by atoms with E-state index in [0.717, 1.165) is 57.6 Å². The number of carbonyl (C=O) groups excluding carboxylic acids is 1. The summed E-state index contributed by atoms with van der Waals surface area (Å²) in [6.07, 6.45) is 0.608. The molecule has 3 heterocycles. The number of nitrogens with one attached hydrogen (secondary N) is 2. The Bertz CT molecular complexity index is 1030. The van der Waals surface area contributed by atoms with E-state index in [9.17, 15) is 18.0 Å². The van der Waals surface area contributed by atoms with Gasteiger partial charge in [-0.05, 0) is 60.9 Å². The van der Waals surface area contributed by atoms with E-state index in [1.54, 1.807) is 0 Å². The fourth-order valence-electron chi connectivity index (χ4n) is 5.14. The van der Waals surface area contributed by atoms with E-state index in [2.05, 4.69) is 65.6 Å². The number of nitrogens with zero attached hydrogens (tertiary/aromatic N) is 3. The van der Waals surface area contributed by atoms with Crippen molar-refractivity contribution >= 4 is 17.4 Å². The third kappa shape index (κ3) is 8.85. The van der Waals surface area contributed by atoms with Crippen molar-refractivity contribution in [1.29, 1.82) is 0 Å². The van der Waals surface area contributed by atoms with Crippen molar-refractivity contribution in [2.45, 2.75) is 84.0 Å². The maximum absolute atomic E-state index is 12.8. The van der Waals surface area contributed by atoms with Crippen LogP contribution >= 0.6 is 0 Å². The minimum atomic E-state index is -4.39. The number of halogens is 3. The summed E-state index contributed by atoms with van der Waals surface area (Å²) in [5, 5.41) is 6.87. The highest BCUT2D eigenvalue weighted by atomic mass is 19.4. The second-order valence-corrected chi connectivity index (χ2v) is 11.6. The molecule has 216 valence electrons. The summed E-state index contributed by atoms with van der Waals surface area (Å²) >= 11 is 0. The second kappa shape index (κ2) is 13.0. The number of amides is 1. The SMILES string of the molecule is C.CC(C)(C)c1ccc(NC2CCN(CCC(=O)N3CCC(Nc4ccc(C(F)(F)F)cn4)CC3)CC2)cc1. The highest BCUT2D eigenvalue weighted by Crippen LogP contribution is 2.29. The van der Waals surface area contributed by atoms with Crippen molar-refractivity contribution in [3.05, 3.63) is 53.7 Å². The molecule has 39 heavy (non-hydrogen) atoms. The first-order chi connectivity index (χ1) is 18.0. The molecule has 2 fully saturated rings. The van der Waals surface area contributed by atoms with Crippen LogP contribution in [0.2, 0.25) is 0 Å². The van der Waals surface area contributed by atoms with E-state index in [1.165, 1.54) is 17.3 Å². The normalized spacial score (nSPS) is 17.9. The van der Waals surface area contributed by atoms with Gasteiger partial charge in [0.15, 0.2) is 0 Å². The molecule has 2 aliphatic rings. The predicted molar refractivity (Wildman–Crippen MR) is 152 cm³/mol. The molecule has 1 aromatic heterocycles. The zero-order valence-corrected chi connectivity index (χ0v) is 22.7. The van der Waals surface area contributed by atoms with Crippen LogP contribution in [0.3, 0.4) is 0 Å². The average Bonchev–Trinajstić information content (AvgIpc) is 2.88. The summed E-state index contributed by atoms with van der Waals surface area (Å²) in [5.74, 6) is 0.609. The van der Waals surface area contributed by atoms with Gasteiger partial charge in [-0.25, -0.2) is 4.98 Å². The molecule has 0 aliphatic carbocycles. The zero-order valence-electron chi connectivity index (χ0n) is 22.7. The minimum Gasteiger partial charge on any atom is -0.382 e. The van der Waals surface area contributed by atoms with Gasteiger partial charge in [0.05, 0.1) is 5.56 Å². The molecule has 9 heteroatoms. The Kier molecular flexibility index (Phi) is 10.3.